The number of fused-ring (bicyclic) bond motifs is 1. The van der Waals surface area contributed by atoms with Crippen LogP contribution < -0.4 is 4.74 Å². The van der Waals surface area contributed by atoms with Crippen molar-refractivity contribution < 1.29 is 23.5 Å². The van der Waals surface area contributed by atoms with E-state index >= 15 is 0 Å². The van der Waals surface area contributed by atoms with Crippen molar-refractivity contribution in [3.8, 4) is 5.75 Å². The van der Waals surface area contributed by atoms with Gasteiger partial charge in [-0.15, -0.1) is 0 Å². The maximum absolute atomic E-state index is 12.4. The van der Waals surface area contributed by atoms with Gasteiger partial charge in [0.05, 0.1) is 6.61 Å². The molecule has 0 unspecified atom stereocenters. The molecule has 0 saturated heterocycles. The van der Waals surface area contributed by atoms with Gasteiger partial charge in [-0.25, -0.2) is 9.78 Å². The molecule has 1 heterocycles. The van der Waals surface area contributed by atoms with Gasteiger partial charge in [0, 0.05) is 17.7 Å². The minimum Gasteiger partial charge on any atom is -0.494 e. The van der Waals surface area contributed by atoms with Crippen molar-refractivity contribution in [3.05, 3.63) is 66.1 Å². The number of ketones is 1. The van der Waals surface area contributed by atoms with Gasteiger partial charge in [0.25, 0.3) is 0 Å². The molecule has 0 spiro atoms. The van der Waals surface area contributed by atoms with E-state index in [1.165, 1.54) is 19.1 Å². The zero-order valence-electron chi connectivity index (χ0n) is 15.0. The number of esters is 1. The standard InChI is InChI=1S/C21H19NO5/c1-3-25-16-10-8-15(9-11-16)21(24)14(2)26-20(23)13-12-19-22-17-6-4-5-7-18(17)27-19/h4-14H,3H2,1-2H3/b13-12+/t14-/m0/s1. The van der Waals surface area contributed by atoms with Gasteiger partial charge in [-0.3, -0.25) is 4.79 Å². The average Bonchev–Trinajstić information content (AvgIpc) is 3.09. The molecule has 6 heteroatoms. The number of carbonyl (C=O) groups is 2. The van der Waals surface area contributed by atoms with Gasteiger partial charge in [-0.2, -0.15) is 0 Å². The summed E-state index contributed by atoms with van der Waals surface area (Å²) in [6.07, 6.45) is 1.69. The SMILES string of the molecule is CCOc1ccc(C(=O)[C@H](C)OC(=O)/C=C/c2nc3ccccc3o2)cc1. The van der Waals surface area contributed by atoms with Gasteiger partial charge in [0.2, 0.25) is 11.7 Å². The second kappa shape index (κ2) is 8.31. The van der Waals surface area contributed by atoms with E-state index < -0.39 is 12.1 Å². The third kappa shape index (κ3) is 4.61. The summed E-state index contributed by atoms with van der Waals surface area (Å²) in [5, 5.41) is 0. The lowest BCUT2D eigenvalue weighted by Crippen LogP contribution is -2.23. The first-order valence-corrected chi connectivity index (χ1v) is 8.58. The third-order valence-electron chi connectivity index (χ3n) is 3.78. The Balaban J connectivity index is 1.59. The molecule has 0 aliphatic rings. The fraction of sp³-hybridized carbons (Fsp3) is 0.190. The van der Waals surface area contributed by atoms with Crippen molar-refractivity contribution in [2.45, 2.75) is 20.0 Å². The molecule has 0 radical (unpaired) electrons. The summed E-state index contributed by atoms with van der Waals surface area (Å²) >= 11 is 0. The summed E-state index contributed by atoms with van der Waals surface area (Å²) in [6.45, 7) is 3.96. The molecule has 27 heavy (non-hydrogen) atoms. The van der Waals surface area contributed by atoms with E-state index in [0.717, 1.165) is 0 Å². The molecular weight excluding hydrogens is 346 g/mol. The van der Waals surface area contributed by atoms with Gasteiger partial charge in [0.15, 0.2) is 11.7 Å². The Morgan fingerprint density at radius 1 is 1.15 bits per heavy atom. The molecule has 2 aromatic carbocycles. The minimum absolute atomic E-state index is 0.290. The summed E-state index contributed by atoms with van der Waals surface area (Å²) in [5.41, 5.74) is 1.77. The molecule has 1 atom stereocenters. The molecular formula is C21H19NO5. The van der Waals surface area contributed by atoms with Crippen molar-refractivity contribution in [2.75, 3.05) is 6.61 Å². The second-order valence-electron chi connectivity index (χ2n) is 5.75. The van der Waals surface area contributed by atoms with Gasteiger partial charge < -0.3 is 13.9 Å². The Morgan fingerprint density at radius 3 is 2.59 bits per heavy atom. The van der Waals surface area contributed by atoms with Gasteiger partial charge in [-0.05, 0) is 50.2 Å². The molecule has 0 aliphatic heterocycles. The largest absolute Gasteiger partial charge is 0.494 e. The maximum atomic E-state index is 12.4. The molecule has 3 rings (SSSR count). The molecule has 0 bridgehead atoms. The third-order valence-corrected chi connectivity index (χ3v) is 3.78. The Kier molecular flexibility index (Phi) is 5.66. The highest BCUT2D eigenvalue weighted by Gasteiger charge is 2.18. The van der Waals surface area contributed by atoms with Gasteiger partial charge in [0.1, 0.15) is 11.3 Å². The van der Waals surface area contributed by atoms with Crippen molar-refractivity contribution in [1.29, 1.82) is 0 Å². The molecule has 1 aromatic heterocycles. The number of aromatic nitrogens is 1. The number of carbonyl (C=O) groups excluding carboxylic acids is 2. The van der Waals surface area contributed by atoms with Crippen LogP contribution in [0, 0.1) is 0 Å². The summed E-state index contributed by atoms with van der Waals surface area (Å²) in [7, 11) is 0. The Morgan fingerprint density at radius 2 is 1.89 bits per heavy atom. The number of para-hydroxylation sites is 2. The number of nitrogens with zero attached hydrogens (tertiary/aromatic N) is 1. The number of rotatable bonds is 7. The summed E-state index contributed by atoms with van der Waals surface area (Å²) in [4.78, 5) is 28.6. The molecule has 3 aromatic rings. The first-order chi connectivity index (χ1) is 13.1. The fourth-order valence-corrected chi connectivity index (χ4v) is 2.48. The summed E-state index contributed by atoms with van der Waals surface area (Å²) in [5.74, 6) is 0.0318. The Hall–Kier alpha value is -3.41. The summed E-state index contributed by atoms with van der Waals surface area (Å²) in [6, 6.07) is 14.0. The molecule has 0 N–H and O–H groups in total. The predicted octanol–water partition coefficient (Wildman–Crippen LogP) is 4.05. The first-order valence-electron chi connectivity index (χ1n) is 8.58. The lowest BCUT2D eigenvalue weighted by atomic mass is 10.1. The van der Waals surface area contributed by atoms with E-state index in [2.05, 4.69) is 4.98 Å². The van der Waals surface area contributed by atoms with E-state index in [9.17, 15) is 9.59 Å². The highest BCUT2D eigenvalue weighted by Crippen LogP contribution is 2.16. The van der Waals surface area contributed by atoms with Crippen molar-refractivity contribution >= 4 is 28.9 Å². The highest BCUT2D eigenvalue weighted by molar-refractivity contribution is 6.01. The molecule has 0 amide bonds. The van der Waals surface area contributed by atoms with E-state index in [4.69, 9.17) is 13.9 Å². The molecule has 0 aliphatic carbocycles. The van der Waals surface area contributed by atoms with Crippen molar-refractivity contribution in [3.63, 3.8) is 0 Å². The molecule has 138 valence electrons. The maximum Gasteiger partial charge on any atom is 0.331 e. The van der Waals surface area contributed by atoms with E-state index in [-0.39, 0.29) is 5.78 Å². The number of benzene rings is 2. The molecule has 0 saturated carbocycles. The zero-order chi connectivity index (χ0) is 19.2. The Bertz CT molecular complexity index is 939. The monoisotopic (exact) mass is 365 g/mol. The topological polar surface area (TPSA) is 78.6 Å². The minimum atomic E-state index is -0.913. The highest BCUT2D eigenvalue weighted by atomic mass is 16.5. The lowest BCUT2D eigenvalue weighted by molar-refractivity contribution is -0.140. The van der Waals surface area contributed by atoms with Crippen LogP contribution in [0.25, 0.3) is 17.2 Å². The van der Waals surface area contributed by atoms with Crippen LogP contribution >= 0.6 is 0 Å². The number of Topliss-reactive ketones (excluding diaryl/α,β-unsaturated/α-hetero) is 1. The normalized spacial score (nSPS) is 12.2. The predicted molar refractivity (Wildman–Crippen MR) is 101 cm³/mol. The molecule has 0 fully saturated rings. The van der Waals surface area contributed by atoms with Crippen LogP contribution in [0.15, 0.2) is 59.0 Å². The number of ether oxygens (including phenoxy) is 2. The van der Waals surface area contributed by atoms with Crippen LogP contribution in [-0.4, -0.2) is 29.4 Å². The van der Waals surface area contributed by atoms with Crippen molar-refractivity contribution in [2.24, 2.45) is 0 Å². The smallest absolute Gasteiger partial charge is 0.331 e. The van der Waals surface area contributed by atoms with Gasteiger partial charge >= 0.3 is 5.97 Å². The number of hydrogen-bond acceptors (Lipinski definition) is 6. The lowest BCUT2D eigenvalue weighted by Gasteiger charge is -2.11. The fourth-order valence-electron chi connectivity index (χ4n) is 2.48. The van der Waals surface area contributed by atoms with Crippen molar-refractivity contribution in [1.82, 2.24) is 4.98 Å². The summed E-state index contributed by atoms with van der Waals surface area (Å²) < 4.78 is 16.0. The second-order valence-corrected chi connectivity index (χ2v) is 5.75. The number of oxazole rings is 1. The van der Waals surface area contributed by atoms with E-state index in [1.807, 2.05) is 25.1 Å². The van der Waals surface area contributed by atoms with Crippen LogP contribution in [0.4, 0.5) is 0 Å². The Labute approximate surface area is 156 Å². The van der Waals surface area contributed by atoms with Gasteiger partial charge in [-0.1, -0.05) is 12.1 Å². The average molecular weight is 365 g/mol. The zero-order valence-corrected chi connectivity index (χ0v) is 15.0. The quantitative estimate of drug-likeness (QED) is 0.357. The van der Waals surface area contributed by atoms with E-state index in [1.54, 1.807) is 30.3 Å². The molecule has 6 nitrogen and oxygen atoms in total. The van der Waals surface area contributed by atoms with E-state index in [0.29, 0.717) is 34.9 Å². The van der Waals surface area contributed by atoms with Crippen LogP contribution in [0.2, 0.25) is 0 Å². The van der Waals surface area contributed by atoms with Crippen LogP contribution in [0.3, 0.4) is 0 Å². The van der Waals surface area contributed by atoms with Crippen LogP contribution in [0.1, 0.15) is 30.1 Å². The van der Waals surface area contributed by atoms with Crippen LogP contribution in [-0.2, 0) is 9.53 Å². The first kappa shape index (κ1) is 18.4. The van der Waals surface area contributed by atoms with Crippen LogP contribution in [0.5, 0.6) is 5.75 Å². The number of hydrogen-bond donors (Lipinski definition) is 0.